The molecule has 21 heavy (non-hydrogen) atoms. The van der Waals surface area contributed by atoms with Crippen molar-refractivity contribution in [3.05, 3.63) is 46.4 Å². The first kappa shape index (κ1) is 15.5. The molecule has 2 aromatic heterocycles. The van der Waals surface area contributed by atoms with Crippen molar-refractivity contribution in [1.82, 2.24) is 14.9 Å². The fourth-order valence-electron chi connectivity index (χ4n) is 1.87. The summed E-state index contributed by atoms with van der Waals surface area (Å²) in [5.74, 6) is 2.01. The molecule has 5 nitrogen and oxygen atoms in total. The Labute approximate surface area is 129 Å². The minimum atomic E-state index is -0.252. The first-order valence-electron chi connectivity index (χ1n) is 6.71. The van der Waals surface area contributed by atoms with Crippen LogP contribution in [0.4, 0.5) is 0 Å². The average molecular weight is 308 g/mol. The van der Waals surface area contributed by atoms with Gasteiger partial charge in [-0.3, -0.25) is 4.79 Å². The van der Waals surface area contributed by atoms with Crippen LogP contribution in [-0.4, -0.2) is 27.8 Å². The molecular formula is C15H18ClN3O2. The molecule has 0 aliphatic rings. The normalized spacial score (nSPS) is 11.0. The van der Waals surface area contributed by atoms with E-state index in [9.17, 15) is 4.79 Å². The molecule has 0 bridgehead atoms. The number of hydrogen-bond acceptors (Lipinski definition) is 4. The van der Waals surface area contributed by atoms with Crippen LogP contribution in [-0.2, 0) is 6.54 Å². The smallest absolute Gasteiger partial charge is 0.274 e. The van der Waals surface area contributed by atoms with Crippen molar-refractivity contribution in [2.45, 2.75) is 33.2 Å². The predicted molar refractivity (Wildman–Crippen MR) is 80.4 cm³/mol. The van der Waals surface area contributed by atoms with Crippen molar-refractivity contribution >= 4 is 17.5 Å². The van der Waals surface area contributed by atoms with Gasteiger partial charge in [-0.1, -0.05) is 25.4 Å². The Hall–Kier alpha value is -1.88. The Balaban J connectivity index is 2.20. The lowest BCUT2D eigenvalue weighted by atomic mass is 10.2. The Morgan fingerprint density at radius 1 is 1.43 bits per heavy atom. The molecule has 0 saturated heterocycles. The van der Waals surface area contributed by atoms with Crippen LogP contribution in [0, 0.1) is 6.92 Å². The third-order valence-electron chi connectivity index (χ3n) is 3.02. The van der Waals surface area contributed by atoms with E-state index in [-0.39, 0.29) is 22.5 Å². The first-order valence-corrected chi connectivity index (χ1v) is 7.09. The van der Waals surface area contributed by atoms with Gasteiger partial charge in [-0.2, -0.15) is 0 Å². The second kappa shape index (κ2) is 6.26. The second-order valence-corrected chi connectivity index (χ2v) is 5.66. The van der Waals surface area contributed by atoms with E-state index in [0.29, 0.717) is 12.4 Å². The van der Waals surface area contributed by atoms with Gasteiger partial charge in [-0.05, 0) is 19.1 Å². The highest BCUT2D eigenvalue weighted by Crippen LogP contribution is 2.18. The van der Waals surface area contributed by atoms with Crippen molar-refractivity contribution in [2.75, 3.05) is 7.05 Å². The Morgan fingerprint density at radius 3 is 2.71 bits per heavy atom. The van der Waals surface area contributed by atoms with Crippen LogP contribution in [0.5, 0.6) is 0 Å². The molecule has 6 heteroatoms. The standard InChI is InChI=1S/C15H18ClN3O2/c1-9(2)14-17-7-12(16)13(18-14)15(20)19(4)8-11-6-5-10(3)21-11/h5-7,9H,8H2,1-4H3. The lowest BCUT2D eigenvalue weighted by Gasteiger charge is -2.16. The molecule has 2 heterocycles. The second-order valence-electron chi connectivity index (χ2n) is 5.25. The van der Waals surface area contributed by atoms with E-state index in [1.807, 2.05) is 32.9 Å². The summed E-state index contributed by atoms with van der Waals surface area (Å²) in [7, 11) is 1.69. The van der Waals surface area contributed by atoms with Gasteiger partial charge in [0.2, 0.25) is 0 Å². The summed E-state index contributed by atoms with van der Waals surface area (Å²) in [6.45, 7) is 6.16. The molecule has 0 radical (unpaired) electrons. The van der Waals surface area contributed by atoms with E-state index in [1.165, 1.54) is 11.1 Å². The molecular weight excluding hydrogens is 290 g/mol. The summed E-state index contributed by atoms with van der Waals surface area (Å²) in [6, 6.07) is 3.71. The molecule has 0 N–H and O–H groups in total. The molecule has 0 saturated carbocycles. The Bertz CT molecular complexity index is 652. The van der Waals surface area contributed by atoms with Gasteiger partial charge in [-0.25, -0.2) is 9.97 Å². The van der Waals surface area contributed by atoms with E-state index in [4.69, 9.17) is 16.0 Å². The number of aryl methyl sites for hydroxylation is 1. The van der Waals surface area contributed by atoms with E-state index in [1.54, 1.807) is 7.05 Å². The van der Waals surface area contributed by atoms with Crippen molar-refractivity contribution < 1.29 is 9.21 Å². The zero-order chi connectivity index (χ0) is 15.6. The highest BCUT2D eigenvalue weighted by atomic mass is 35.5. The van der Waals surface area contributed by atoms with Crippen LogP contribution >= 0.6 is 11.6 Å². The summed E-state index contributed by atoms with van der Waals surface area (Å²) < 4.78 is 5.47. The third-order valence-corrected chi connectivity index (χ3v) is 3.29. The summed E-state index contributed by atoms with van der Waals surface area (Å²) in [5.41, 5.74) is 0.223. The van der Waals surface area contributed by atoms with E-state index in [0.717, 1.165) is 11.5 Å². The maximum Gasteiger partial charge on any atom is 0.274 e. The minimum Gasteiger partial charge on any atom is -0.464 e. The van der Waals surface area contributed by atoms with Gasteiger partial charge in [0.1, 0.15) is 17.3 Å². The molecule has 2 aromatic rings. The molecule has 0 aliphatic carbocycles. The largest absolute Gasteiger partial charge is 0.464 e. The Morgan fingerprint density at radius 2 is 2.14 bits per heavy atom. The van der Waals surface area contributed by atoms with Crippen LogP contribution in [0.3, 0.4) is 0 Å². The van der Waals surface area contributed by atoms with Crippen LogP contribution in [0.15, 0.2) is 22.7 Å². The summed E-state index contributed by atoms with van der Waals surface area (Å²) in [5, 5.41) is 0.256. The molecule has 0 atom stereocenters. The highest BCUT2D eigenvalue weighted by molar-refractivity contribution is 6.33. The van der Waals surface area contributed by atoms with E-state index >= 15 is 0 Å². The lowest BCUT2D eigenvalue weighted by Crippen LogP contribution is -2.27. The number of hydrogen-bond donors (Lipinski definition) is 0. The molecule has 112 valence electrons. The van der Waals surface area contributed by atoms with Gasteiger partial charge in [0.25, 0.3) is 5.91 Å². The van der Waals surface area contributed by atoms with Gasteiger partial charge < -0.3 is 9.32 Å². The molecule has 0 fully saturated rings. The summed E-state index contributed by atoms with van der Waals surface area (Å²) in [4.78, 5) is 22.4. The maximum absolute atomic E-state index is 12.5. The number of carbonyl (C=O) groups is 1. The number of rotatable bonds is 4. The highest BCUT2D eigenvalue weighted by Gasteiger charge is 2.20. The van der Waals surface area contributed by atoms with Gasteiger partial charge in [-0.15, -0.1) is 0 Å². The molecule has 0 unspecified atom stereocenters. The molecule has 0 aromatic carbocycles. The third kappa shape index (κ3) is 3.61. The van der Waals surface area contributed by atoms with Crippen LogP contribution in [0.25, 0.3) is 0 Å². The molecule has 0 aliphatic heterocycles. The molecule has 0 spiro atoms. The number of halogens is 1. The average Bonchev–Trinajstić information content (AvgIpc) is 2.83. The lowest BCUT2D eigenvalue weighted by molar-refractivity contribution is 0.0768. The predicted octanol–water partition coefficient (Wildman–Crippen LogP) is 3.43. The van der Waals surface area contributed by atoms with Gasteiger partial charge in [0.15, 0.2) is 5.69 Å². The fraction of sp³-hybridized carbons (Fsp3) is 0.400. The molecule has 2 rings (SSSR count). The first-order chi connectivity index (χ1) is 9.88. The van der Waals surface area contributed by atoms with Crippen molar-refractivity contribution in [1.29, 1.82) is 0 Å². The van der Waals surface area contributed by atoms with Crippen molar-refractivity contribution in [3.63, 3.8) is 0 Å². The number of aromatic nitrogens is 2. The monoisotopic (exact) mass is 307 g/mol. The number of nitrogens with zero attached hydrogens (tertiary/aromatic N) is 3. The van der Waals surface area contributed by atoms with Crippen LogP contribution in [0.2, 0.25) is 5.02 Å². The van der Waals surface area contributed by atoms with Crippen LogP contribution < -0.4 is 0 Å². The van der Waals surface area contributed by atoms with Crippen LogP contribution in [0.1, 0.15) is 47.6 Å². The SMILES string of the molecule is Cc1ccc(CN(C)C(=O)c2nc(C(C)C)ncc2Cl)o1. The van der Waals surface area contributed by atoms with E-state index in [2.05, 4.69) is 9.97 Å². The maximum atomic E-state index is 12.5. The zero-order valence-electron chi connectivity index (χ0n) is 12.6. The number of amides is 1. The van der Waals surface area contributed by atoms with Crippen molar-refractivity contribution in [3.8, 4) is 0 Å². The summed E-state index contributed by atoms with van der Waals surface area (Å²) >= 11 is 6.05. The fourth-order valence-corrected chi connectivity index (χ4v) is 2.04. The summed E-state index contributed by atoms with van der Waals surface area (Å²) in [6.07, 6.45) is 1.47. The van der Waals surface area contributed by atoms with Gasteiger partial charge in [0, 0.05) is 13.0 Å². The zero-order valence-corrected chi connectivity index (χ0v) is 13.3. The minimum absolute atomic E-state index is 0.131. The topological polar surface area (TPSA) is 59.2 Å². The van der Waals surface area contributed by atoms with E-state index < -0.39 is 0 Å². The molecule has 1 amide bonds. The van der Waals surface area contributed by atoms with Crippen molar-refractivity contribution in [2.24, 2.45) is 0 Å². The number of furan rings is 1. The van der Waals surface area contributed by atoms with Gasteiger partial charge in [0.05, 0.1) is 17.8 Å². The number of carbonyl (C=O) groups excluding carboxylic acids is 1. The van der Waals surface area contributed by atoms with Gasteiger partial charge >= 0.3 is 0 Å². The Kier molecular flexibility index (Phi) is 4.63. The quantitative estimate of drug-likeness (QED) is 0.868.